The fourth-order valence-electron chi connectivity index (χ4n) is 3.82. The Morgan fingerprint density at radius 2 is 1.97 bits per heavy atom. The molecule has 0 aliphatic carbocycles. The number of aromatic nitrogens is 3. The van der Waals surface area contributed by atoms with Gasteiger partial charge < -0.3 is 10.3 Å². The Bertz CT molecular complexity index is 1520. The molecule has 1 aliphatic rings. The molecule has 0 radical (unpaired) electrons. The van der Waals surface area contributed by atoms with Crippen molar-refractivity contribution in [1.82, 2.24) is 15.0 Å². The molecule has 1 amide bonds. The summed E-state index contributed by atoms with van der Waals surface area (Å²) in [7, 11) is 0. The van der Waals surface area contributed by atoms with Crippen LogP contribution in [0.1, 0.15) is 16.7 Å². The van der Waals surface area contributed by atoms with Gasteiger partial charge in [0.2, 0.25) is 11.3 Å². The maximum Gasteiger partial charge on any atom is 0.228 e. The van der Waals surface area contributed by atoms with E-state index < -0.39 is 0 Å². The van der Waals surface area contributed by atoms with E-state index in [1.54, 1.807) is 18.2 Å². The molecule has 31 heavy (non-hydrogen) atoms. The summed E-state index contributed by atoms with van der Waals surface area (Å²) in [6.07, 6.45) is 1.73. The number of halogens is 1. The standard InChI is InChI=1S/C23H14ClN5O2/c1-11-12(10-25)3-2-4-15(11)21-20(28-22-17(30)5-6-26-23(22)29-21)13-7-14-9-18(31)27-19(14)16(24)8-13/h2-8H,9H2,1H3,(H,27,31)(H,26,29,30). The highest BCUT2D eigenvalue weighted by Crippen LogP contribution is 2.39. The largest absolute Gasteiger partial charge is 0.345 e. The number of pyridine rings is 1. The van der Waals surface area contributed by atoms with Gasteiger partial charge in [-0.2, -0.15) is 5.26 Å². The molecule has 4 aromatic rings. The molecule has 2 aromatic heterocycles. The second kappa shape index (κ2) is 7.04. The van der Waals surface area contributed by atoms with Gasteiger partial charge in [0.1, 0.15) is 0 Å². The first kappa shape index (κ1) is 19.0. The predicted octanol–water partition coefficient (Wildman–Crippen LogP) is 3.98. The number of nitriles is 1. The third-order valence-electron chi connectivity index (χ3n) is 5.35. The van der Waals surface area contributed by atoms with Gasteiger partial charge in [0, 0.05) is 23.4 Å². The molecule has 150 valence electrons. The molecule has 0 fully saturated rings. The molecule has 0 spiro atoms. The normalized spacial score (nSPS) is 12.5. The highest BCUT2D eigenvalue weighted by Gasteiger charge is 2.24. The number of nitrogens with one attached hydrogen (secondary N) is 2. The number of H-pyrrole nitrogens is 1. The number of hydrogen-bond acceptors (Lipinski definition) is 5. The third-order valence-corrected chi connectivity index (χ3v) is 5.65. The van der Waals surface area contributed by atoms with Gasteiger partial charge in [-0.1, -0.05) is 23.7 Å². The van der Waals surface area contributed by atoms with Gasteiger partial charge in [0.25, 0.3) is 0 Å². The SMILES string of the molecule is Cc1c(C#N)cccc1-c1nc2[nH]ccc(=O)c2nc1-c1cc(Cl)c2c(c1)CC(=O)N2. The molecule has 3 heterocycles. The smallest absolute Gasteiger partial charge is 0.228 e. The molecule has 0 bridgehead atoms. The van der Waals surface area contributed by atoms with E-state index in [-0.39, 0.29) is 23.3 Å². The van der Waals surface area contributed by atoms with Crippen LogP contribution in [0.25, 0.3) is 33.7 Å². The second-order valence-corrected chi connectivity index (χ2v) is 7.67. The van der Waals surface area contributed by atoms with Crippen molar-refractivity contribution < 1.29 is 4.79 Å². The summed E-state index contributed by atoms with van der Waals surface area (Å²) >= 11 is 6.44. The molecular weight excluding hydrogens is 414 g/mol. The minimum absolute atomic E-state index is 0.132. The average molecular weight is 428 g/mol. The quantitative estimate of drug-likeness (QED) is 0.502. The minimum Gasteiger partial charge on any atom is -0.345 e. The molecule has 0 atom stereocenters. The molecule has 7 nitrogen and oxygen atoms in total. The van der Waals surface area contributed by atoms with Gasteiger partial charge in [0.15, 0.2) is 11.2 Å². The Morgan fingerprint density at radius 1 is 1.13 bits per heavy atom. The van der Waals surface area contributed by atoms with E-state index >= 15 is 0 Å². The fourth-order valence-corrected chi connectivity index (χ4v) is 4.11. The average Bonchev–Trinajstić information content (AvgIpc) is 3.14. The van der Waals surface area contributed by atoms with Crippen molar-refractivity contribution in [2.24, 2.45) is 0 Å². The summed E-state index contributed by atoms with van der Waals surface area (Å²) in [5.74, 6) is -0.132. The highest BCUT2D eigenvalue weighted by atomic mass is 35.5. The Hall–Kier alpha value is -4.02. The van der Waals surface area contributed by atoms with Crippen molar-refractivity contribution in [1.29, 1.82) is 5.26 Å². The monoisotopic (exact) mass is 427 g/mol. The zero-order valence-corrected chi connectivity index (χ0v) is 17.0. The van der Waals surface area contributed by atoms with E-state index in [4.69, 9.17) is 16.6 Å². The van der Waals surface area contributed by atoms with Crippen LogP contribution in [0.4, 0.5) is 5.69 Å². The number of rotatable bonds is 2. The van der Waals surface area contributed by atoms with Crippen LogP contribution in [0.3, 0.4) is 0 Å². The van der Waals surface area contributed by atoms with E-state index in [1.165, 1.54) is 12.3 Å². The third kappa shape index (κ3) is 3.05. The van der Waals surface area contributed by atoms with Gasteiger partial charge >= 0.3 is 0 Å². The second-order valence-electron chi connectivity index (χ2n) is 7.27. The highest BCUT2D eigenvalue weighted by molar-refractivity contribution is 6.34. The van der Waals surface area contributed by atoms with Crippen LogP contribution < -0.4 is 10.7 Å². The molecule has 0 saturated heterocycles. The number of fused-ring (bicyclic) bond motifs is 2. The number of aromatic amines is 1. The number of benzene rings is 2. The first-order valence-electron chi connectivity index (χ1n) is 9.48. The summed E-state index contributed by atoms with van der Waals surface area (Å²) in [5, 5.41) is 12.6. The maximum atomic E-state index is 12.4. The zero-order chi connectivity index (χ0) is 21.7. The number of carbonyl (C=O) groups is 1. The van der Waals surface area contributed by atoms with Crippen LogP contribution in [0, 0.1) is 18.3 Å². The lowest BCUT2D eigenvalue weighted by molar-refractivity contribution is -0.115. The lowest BCUT2D eigenvalue weighted by Crippen LogP contribution is -2.07. The molecule has 5 rings (SSSR count). The number of hydrogen-bond donors (Lipinski definition) is 2. The molecule has 2 N–H and O–H groups in total. The first-order valence-corrected chi connectivity index (χ1v) is 9.86. The fraction of sp³-hybridized carbons (Fsp3) is 0.0870. The summed E-state index contributed by atoms with van der Waals surface area (Å²) in [4.78, 5) is 36.6. The van der Waals surface area contributed by atoms with Gasteiger partial charge in [-0.3, -0.25) is 9.59 Å². The van der Waals surface area contributed by atoms with Crippen LogP contribution in [0.5, 0.6) is 0 Å². The van der Waals surface area contributed by atoms with Gasteiger partial charge in [-0.05, 0) is 36.2 Å². The van der Waals surface area contributed by atoms with Crippen LogP contribution in [-0.2, 0) is 11.2 Å². The topological polar surface area (TPSA) is 112 Å². The summed E-state index contributed by atoms with van der Waals surface area (Å²) < 4.78 is 0. The van der Waals surface area contributed by atoms with Crippen LogP contribution in [-0.4, -0.2) is 20.9 Å². The lowest BCUT2D eigenvalue weighted by Gasteiger charge is -2.14. The molecule has 1 aliphatic heterocycles. The molecular formula is C23H14ClN5O2. The molecule has 8 heteroatoms. The van der Waals surface area contributed by atoms with Crippen molar-refractivity contribution in [2.75, 3.05) is 5.32 Å². The number of nitrogens with zero attached hydrogens (tertiary/aromatic N) is 3. The first-order chi connectivity index (χ1) is 15.0. The van der Waals surface area contributed by atoms with Crippen LogP contribution in [0.2, 0.25) is 5.02 Å². The zero-order valence-electron chi connectivity index (χ0n) is 16.3. The van der Waals surface area contributed by atoms with Crippen molar-refractivity contribution in [3.63, 3.8) is 0 Å². The Balaban J connectivity index is 1.86. The van der Waals surface area contributed by atoms with E-state index in [1.807, 2.05) is 19.1 Å². The number of amides is 1. The van der Waals surface area contributed by atoms with Crippen molar-refractivity contribution >= 4 is 34.4 Å². The van der Waals surface area contributed by atoms with Crippen LogP contribution >= 0.6 is 11.6 Å². The Morgan fingerprint density at radius 3 is 2.77 bits per heavy atom. The maximum absolute atomic E-state index is 12.4. The van der Waals surface area contributed by atoms with E-state index in [0.29, 0.717) is 38.9 Å². The minimum atomic E-state index is -0.263. The Kier molecular flexibility index (Phi) is 4.31. The summed E-state index contributed by atoms with van der Waals surface area (Å²) in [6, 6.07) is 12.5. The van der Waals surface area contributed by atoms with Crippen molar-refractivity contribution in [2.45, 2.75) is 13.3 Å². The van der Waals surface area contributed by atoms with Gasteiger partial charge in [-0.15, -0.1) is 0 Å². The van der Waals surface area contributed by atoms with Gasteiger partial charge in [0.05, 0.1) is 40.2 Å². The van der Waals surface area contributed by atoms with Gasteiger partial charge in [-0.25, -0.2) is 9.97 Å². The summed E-state index contributed by atoms with van der Waals surface area (Å²) in [6.45, 7) is 1.84. The van der Waals surface area contributed by atoms with Crippen molar-refractivity contribution in [3.8, 4) is 28.6 Å². The molecule has 0 saturated carbocycles. The predicted molar refractivity (Wildman–Crippen MR) is 118 cm³/mol. The number of anilines is 1. The van der Waals surface area contributed by atoms with Crippen molar-refractivity contribution in [3.05, 3.63) is 74.5 Å². The van der Waals surface area contributed by atoms with Crippen LogP contribution in [0.15, 0.2) is 47.4 Å². The molecule has 0 unspecified atom stereocenters. The summed E-state index contributed by atoms with van der Waals surface area (Å²) in [5.41, 5.74) is 5.21. The van der Waals surface area contributed by atoms with E-state index in [2.05, 4.69) is 21.4 Å². The van der Waals surface area contributed by atoms with E-state index in [9.17, 15) is 14.9 Å². The Labute approximate surface area is 181 Å². The lowest BCUT2D eigenvalue weighted by atomic mass is 9.96. The number of carbonyl (C=O) groups excluding carboxylic acids is 1. The van der Waals surface area contributed by atoms with E-state index in [0.717, 1.165) is 16.7 Å². The molecule has 2 aromatic carbocycles.